The maximum atomic E-state index is 3.44. The average Bonchev–Trinajstić information content (AvgIpc) is 2.86. The van der Waals surface area contributed by atoms with Crippen LogP contribution >= 0.6 is 11.3 Å². The highest BCUT2D eigenvalue weighted by atomic mass is 32.1. The third kappa shape index (κ3) is 2.45. The molecule has 3 heteroatoms. The van der Waals surface area contributed by atoms with Crippen LogP contribution in [0.1, 0.15) is 30.0 Å². The summed E-state index contributed by atoms with van der Waals surface area (Å²) in [5.41, 5.74) is 2.83. The Labute approximate surface area is 106 Å². The standard InChI is InChI=1S/C14H18N2S/c1-15-14(12-2-3-12)13-4-6-16(9-13)8-11-5-7-17-10-11/h4-7,9-10,12,14-15H,2-3,8H2,1H3. The van der Waals surface area contributed by atoms with Gasteiger partial charge in [0, 0.05) is 25.0 Å². The summed E-state index contributed by atoms with van der Waals surface area (Å²) in [7, 11) is 2.07. The van der Waals surface area contributed by atoms with E-state index in [1.807, 2.05) is 0 Å². The van der Waals surface area contributed by atoms with Crippen molar-refractivity contribution in [3.8, 4) is 0 Å². The molecule has 1 atom stereocenters. The van der Waals surface area contributed by atoms with Crippen LogP contribution in [-0.2, 0) is 6.54 Å². The minimum absolute atomic E-state index is 0.554. The van der Waals surface area contributed by atoms with Crippen LogP contribution in [0.25, 0.3) is 0 Å². The predicted molar refractivity (Wildman–Crippen MR) is 72.4 cm³/mol. The van der Waals surface area contributed by atoms with Crippen LogP contribution in [0.2, 0.25) is 0 Å². The highest BCUT2D eigenvalue weighted by Crippen LogP contribution is 2.40. The number of nitrogens with one attached hydrogen (secondary N) is 1. The topological polar surface area (TPSA) is 17.0 Å². The van der Waals surface area contributed by atoms with Gasteiger partial charge in [0.2, 0.25) is 0 Å². The number of thiophene rings is 1. The summed E-state index contributed by atoms with van der Waals surface area (Å²) in [5, 5.41) is 7.80. The molecular formula is C14H18N2S. The molecule has 1 saturated carbocycles. The van der Waals surface area contributed by atoms with Gasteiger partial charge in [-0.05, 0) is 59.8 Å². The van der Waals surface area contributed by atoms with E-state index in [9.17, 15) is 0 Å². The molecule has 2 aromatic rings. The average molecular weight is 246 g/mol. The van der Waals surface area contributed by atoms with E-state index >= 15 is 0 Å². The number of hydrogen-bond donors (Lipinski definition) is 1. The molecule has 2 aromatic heterocycles. The molecule has 0 bridgehead atoms. The van der Waals surface area contributed by atoms with Crippen molar-refractivity contribution in [3.05, 3.63) is 46.4 Å². The molecule has 1 aliphatic rings. The van der Waals surface area contributed by atoms with E-state index in [4.69, 9.17) is 0 Å². The summed E-state index contributed by atoms with van der Waals surface area (Å²) in [5.74, 6) is 0.858. The molecule has 0 amide bonds. The van der Waals surface area contributed by atoms with E-state index in [0.29, 0.717) is 6.04 Å². The van der Waals surface area contributed by atoms with Gasteiger partial charge in [-0.25, -0.2) is 0 Å². The van der Waals surface area contributed by atoms with Gasteiger partial charge in [0.1, 0.15) is 0 Å². The Kier molecular flexibility index (Phi) is 3.04. The minimum atomic E-state index is 0.554. The van der Waals surface area contributed by atoms with E-state index in [2.05, 4.69) is 52.2 Å². The molecule has 2 nitrogen and oxygen atoms in total. The van der Waals surface area contributed by atoms with E-state index in [0.717, 1.165) is 12.5 Å². The Balaban J connectivity index is 1.73. The van der Waals surface area contributed by atoms with Crippen LogP contribution < -0.4 is 5.32 Å². The molecule has 3 rings (SSSR count). The highest BCUT2D eigenvalue weighted by Gasteiger charge is 2.31. The highest BCUT2D eigenvalue weighted by molar-refractivity contribution is 7.07. The van der Waals surface area contributed by atoms with Crippen molar-refractivity contribution in [1.82, 2.24) is 9.88 Å². The Morgan fingerprint density at radius 3 is 3.00 bits per heavy atom. The van der Waals surface area contributed by atoms with E-state index in [1.54, 1.807) is 11.3 Å². The summed E-state index contributed by atoms with van der Waals surface area (Å²) in [4.78, 5) is 0. The van der Waals surface area contributed by atoms with Gasteiger partial charge in [-0.1, -0.05) is 0 Å². The van der Waals surface area contributed by atoms with Gasteiger partial charge in [0.05, 0.1) is 0 Å². The molecule has 1 unspecified atom stereocenters. The zero-order valence-corrected chi connectivity index (χ0v) is 10.9. The summed E-state index contributed by atoms with van der Waals surface area (Å²) in [6.07, 6.45) is 7.24. The van der Waals surface area contributed by atoms with Gasteiger partial charge < -0.3 is 9.88 Å². The van der Waals surface area contributed by atoms with Crippen LogP contribution in [0, 0.1) is 5.92 Å². The predicted octanol–water partition coefficient (Wildman–Crippen LogP) is 3.27. The van der Waals surface area contributed by atoms with Crippen LogP contribution in [0.4, 0.5) is 0 Å². The molecule has 1 fully saturated rings. The van der Waals surface area contributed by atoms with Gasteiger partial charge in [0.25, 0.3) is 0 Å². The molecule has 0 aliphatic heterocycles. The molecule has 2 heterocycles. The molecule has 0 aromatic carbocycles. The monoisotopic (exact) mass is 246 g/mol. The van der Waals surface area contributed by atoms with Crippen LogP contribution in [0.3, 0.4) is 0 Å². The van der Waals surface area contributed by atoms with Crippen LogP contribution in [0.5, 0.6) is 0 Å². The van der Waals surface area contributed by atoms with Crippen molar-refractivity contribution in [1.29, 1.82) is 0 Å². The second-order valence-electron chi connectivity index (χ2n) is 4.85. The van der Waals surface area contributed by atoms with E-state index in [-0.39, 0.29) is 0 Å². The van der Waals surface area contributed by atoms with Gasteiger partial charge in [-0.15, -0.1) is 0 Å². The molecule has 90 valence electrons. The number of rotatable bonds is 5. The smallest absolute Gasteiger partial charge is 0.0478 e. The fourth-order valence-electron chi connectivity index (χ4n) is 2.44. The molecular weight excluding hydrogens is 228 g/mol. The normalized spacial score (nSPS) is 17.2. The van der Waals surface area contributed by atoms with Crippen molar-refractivity contribution in [3.63, 3.8) is 0 Å². The minimum Gasteiger partial charge on any atom is -0.350 e. The summed E-state index contributed by atoms with van der Waals surface area (Å²) < 4.78 is 2.28. The van der Waals surface area contributed by atoms with Crippen LogP contribution in [-0.4, -0.2) is 11.6 Å². The number of hydrogen-bond acceptors (Lipinski definition) is 2. The molecule has 1 N–H and O–H groups in total. The largest absolute Gasteiger partial charge is 0.350 e. The first kappa shape index (κ1) is 11.1. The molecule has 1 aliphatic carbocycles. The lowest BCUT2D eigenvalue weighted by molar-refractivity contribution is 0.528. The van der Waals surface area contributed by atoms with Crippen molar-refractivity contribution < 1.29 is 0 Å². The van der Waals surface area contributed by atoms with Crippen molar-refractivity contribution in [2.45, 2.75) is 25.4 Å². The molecule has 0 saturated heterocycles. The number of nitrogens with zero attached hydrogens (tertiary/aromatic N) is 1. The summed E-state index contributed by atoms with van der Waals surface area (Å²) >= 11 is 1.77. The Bertz CT molecular complexity index is 468. The lowest BCUT2D eigenvalue weighted by atomic mass is 10.1. The summed E-state index contributed by atoms with van der Waals surface area (Å²) in [6.45, 7) is 0.991. The lowest BCUT2D eigenvalue weighted by Crippen LogP contribution is -2.17. The fourth-order valence-corrected chi connectivity index (χ4v) is 3.10. The molecule has 0 radical (unpaired) electrons. The van der Waals surface area contributed by atoms with Gasteiger partial charge in [0.15, 0.2) is 0 Å². The first-order chi connectivity index (χ1) is 8.36. The first-order valence-corrected chi connectivity index (χ1v) is 7.15. The quantitative estimate of drug-likeness (QED) is 0.857. The number of aromatic nitrogens is 1. The second-order valence-corrected chi connectivity index (χ2v) is 5.63. The van der Waals surface area contributed by atoms with Crippen molar-refractivity contribution >= 4 is 11.3 Å². The SMILES string of the molecule is CNC(c1ccn(Cc2ccsc2)c1)C1CC1. The maximum absolute atomic E-state index is 3.44. The van der Waals surface area contributed by atoms with Crippen molar-refractivity contribution in [2.24, 2.45) is 5.92 Å². The third-order valence-corrected chi connectivity index (χ3v) is 4.21. The van der Waals surface area contributed by atoms with Crippen LogP contribution in [0.15, 0.2) is 35.3 Å². The Morgan fingerprint density at radius 2 is 2.35 bits per heavy atom. The molecule has 0 spiro atoms. The van der Waals surface area contributed by atoms with Gasteiger partial charge in [-0.2, -0.15) is 11.3 Å². The third-order valence-electron chi connectivity index (χ3n) is 3.48. The second kappa shape index (κ2) is 4.67. The van der Waals surface area contributed by atoms with Crippen molar-refractivity contribution in [2.75, 3.05) is 7.05 Å². The Morgan fingerprint density at radius 1 is 1.47 bits per heavy atom. The zero-order valence-electron chi connectivity index (χ0n) is 10.1. The van der Waals surface area contributed by atoms with Gasteiger partial charge >= 0.3 is 0 Å². The first-order valence-electron chi connectivity index (χ1n) is 6.21. The molecule has 17 heavy (non-hydrogen) atoms. The summed E-state index contributed by atoms with van der Waals surface area (Å²) in [6, 6.07) is 5.01. The fraction of sp³-hybridized carbons (Fsp3) is 0.429. The van der Waals surface area contributed by atoms with E-state index < -0.39 is 0 Å². The Hall–Kier alpha value is -1.06. The van der Waals surface area contributed by atoms with E-state index in [1.165, 1.54) is 24.0 Å². The van der Waals surface area contributed by atoms with Gasteiger partial charge in [-0.3, -0.25) is 0 Å². The lowest BCUT2D eigenvalue weighted by Gasteiger charge is -2.13. The maximum Gasteiger partial charge on any atom is 0.0478 e. The zero-order chi connectivity index (χ0) is 11.7.